The van der Waals surface area contributed by atoms with Gasteiger partial charge in [-0.3, -0.25) is 4.79 Å². The molecule has 166 valence electrons. The normalized spacial score (nSPS) is 28.9. The molecular formula is C26H40N2OS. The quantitative estimate of drug-likeness (QED) is 0.360. The lowest BCUT2D eigenvalue weighted by atomic mass is 9.69. The van der Waals surface area contributed by atoms with E-state index >= 15 is 0 Å². The van der Waals surface area contributed by atoms with Gasteiger partial charge in [-0.25, -0.2) is 0 Å². The Morgan fingerprint density at radius 3 is 2.63 bits per heavy atom. The van der Waals surface area contributed by atoms with Crippen molar-refractivity contribution in [2.75, 3.05) is 19.3 Å². The molecule has 1 aromatic carbocycles. The molecule has 0 spiro atoms. The van der Waals surface area contributed by atoms with Gasteiger partial charge in [0, 0.05) is 23.0 Å². The predicted octanol–water partition coefficient (Wildman–Crippen LogP) is 6.12. The molecule has 2 aliphatic carbocycles. The van der Waals surface area contributed by atoms with E-state index in [2.05, 4.69) is 44.1 Å². The molecule has 1 aliphatic heterocycles. The van der Waals surface area contributed by atoms with Crippen LogP contribution in [0.4, 0.5) is 0 Å². The highest BCUT2D eigenvalue weighted by atomic mass is 32.2. The van der Waals surface area contributed by atoms with E-state index in [1.54, 1.807) is 0 Å². The zero-order valence-electron chi connectivity index (χ0n) is 19.4. The van der Waals surface area contributed by atoms with Crippen LogP contribution >= 0.6 is 11.8 Å². The van der Waals surface area contributed by atoms with Gasteiger partial charge < -0.3 is 10.2 Å². The summed E-state index contributed by atoms with van der Waals surface area (Å²) in [4.78, 5) is 15.8. The molecule has 0 radical (unpaired) electrons. The Labute approximate surface area is 187 Å². The monoisotopic (exact) mass is 428 g/mol. The van der Waals surface area contributed by atoms with Gasteiger partial charge >= 0.3 is 0 Å². The molecule has 2 fully saturated rings. The summed E-state index contributed by atoms with van der Waals surface area (Å²) >= 11 is 1.92. The number of thioether (sulfide) groups is 1. The molecule has 0 saturated heterocycles. The lowest BCUT2D eigenvalue weighted by Gasteiger charge is -2.43. The fourth-order valence-electron chi connectivity index (χ4n) is 6.52. The highest BCUT2D eigenvalue weighted by Crippen LogP contribution is 2.66. The first-order valence-electron chi connectivity index (χ1n) is 12.1. The first kappa shape index (κ1) is 22.2. The number of carbonyl (C=O) groups is 1. The van der Waals surface area contributed by atoms with E-state index in [4.69, 9.17) is 0 Å². The summed E-state index contributed by atoms with van der Waals surface area (Å²) in [5.41, 5.74) is 3.11. The van der Waals surface area contributed by atoms with Crippen LogP contribution in [0.15, 0.2) is 23.1 Å². The number of fused-ring (bicyclic) bond motifs is 3. The first-order chi connectivity index (χ1) is 14.3. The van der Waals surface area contributed by atoms with Crippen molar-refractivity contribution < 1.29 is 4.79 Å². The first-order valence-corrected chi connectivity index (χ1v) is 13.1. The van der Waals surface area contributed by atoms with Crippen LogP contribution in [0, 0.1) is 16.7 Å². The smallest absolute Gasteiger partial charge is 0.251 e. The van der Waals surface area contributed by atoms with Gasteiger partial charge in [0.25, 0.3) is 5.91 Å². The number of unbranched alkanes of at least 4 members (excludes halogenated alkanes) is 4. The Bertz CT molecular complexity index is 776. The van der Waals surface area contributed by atoms with Crippen molar-refractivity contribution in [3.8, 4) is 0 Å². The summed E-state index contributed by atoms with van der Waals surface area (Å²) in [6.45, 7) is 9.56. The highest BCUT2D eigenvalue weighted by Gasteiger charge is 2.61. The molecule has 4 rings (SSSR count). The molecule has 30 heavy (non-hydrogen) atoms. The minimum absolute atomic E-state index is 0.0837. The van der Waals surface area contributed by atoms with Gasteiger partial charge in [-0.15, -0.1) is 11.8 Å². The lowest BCUT2D eigenvalue weighted by molar-refractivity contribution is 0.0572. The molecule has 0 aromatic heterocycles. The van der Waals surface area contributed by atoms with Crippen molar-refractivity contribution in [2.24, 2.45) is 16.7 Å². The third kappa shape index (κ3) is 3.95. The summed E-state index contributed by atoms with van der Waals surface area (Å²) in [7, 11) is 2.38. The fourth-order valence-corrected chi connectivity index (χ4v) is 7.62. The number of hydrogen-bond donors (Lipinski definition) is 1. The number of amides is 1. The fraction of sp³-hybridized carbons (Fsp3) is 0.731. The maximum atomic E-state index is 11.8. The standard InChI is InChI=1S/C26H40N2OS/c1-25(2)19-13-14-26(25,3)23(17-19)28(4)15-8-6-5-7-9-16-30-22-12-10-11-20-21(22)18-27-24(20)29/h10-12,19,23H,5-9,13-18H2,1-4H3,(H,27,29)/t19-,23+,26+/m1/s1. The van der Waals surface area contributed by atoms with Crippen LogP contribution in [0.3, 0.4) is 0 Å². The molecule has 2 bridgehead atoms. The van der Waals surface area contributed by atoms with Crippen LogP contribution in [0.1, 0.15) is 88.1 Å². The van der Waals surface area contributed by atoms with Crippen LogP contribution in [0.2, 0.25) is 0 Å². The molecule has 1 N–H and O–H groups in total. The van der Waals surface area contributed by atoms with Gasteiger partial charge in [0.1, 0.15) is 0 Å². The number of rotatable bonds is 10. The van der Waals surface area contributed by atoms with E-state index < -0.39 is 0 Å². The largest absolute Gasteiger partial charge is 0.348 e. The van der Waals surface area contributed by atoms with Crippen LogP contribution in [0.5, 0.6) is 0 Å². The predicted molar refractivity (Wildman–Crippen MR) is 127 cm³/mol. The second kappa shape index (κ2) is 8.86. The average molecular weight is 429 g/mol. The third-order valence-electron chi connectivity index (χ3n) is 9.00. The van der Waals surface area contributed by atoms with Gasteiger partial charge in [0.2, 0.25) is 0 Å². The summed E-state index contributed by atoms with van der Waals surface area (Å²) in [5.74, 6) is 2.18. The molecular weight excluding hydrogens is 388 g/mol. The Morgan fingerprint density at radius 1 is 1.13 bits per heavy atom. The Balaban J connectivity index is 1.10. The van der Waals surface area contributed by atoms with Gasteiger partial charge in [-0.1, -0.05) is 46.1 Å². The number of nitrogens with one attached hydrogen (secondary N) is 1. The van der Waals surface area contributed by atoms with E-state index in [0.717, 1.165) is 23.3 Å². The van der Waals surface area contributed by atoms with Crippen molar-refractivity contribution in [3.63, 3.8) is 0 Å². The van der Waals surface area contributed by atoms with Gasteiger partial charge in [0.15, 0.2) is 0 Å². The molecule has 1 amide bonds. The van der Waals surface area contributed by atoms with E-state index in [9.17, 15) is 4.79 Å². The van der Waals surface area contributed by atoms with Gasteiger partial charge in [0.05, 0.1) is 0 Å². The molecule has 3 nitrogen and oxygen atoms in total. The van der Waals surface area contributed by atoms with Crippen molar-refractivity contribution in [1.82, 2.24) is 10.2 Å². The average Bonchev–Trinajstić information content (AvgIpc) is 3.27. The summed E-state index contributed by atoms with van der Waals surface area (Å²) in [5, 5.41) is 2.94. The highest BCUT2D eigenvalue weighted by molar-refractivity contribution is 7.99. The van der Waals surface area contributed by atoms with Gasteiger partial charge in [-0.05, 0) is 85.9 Å². The Morgan fingerprint density at radius 2 is 1.90 bits per heavy atom. The zero-order valence-corrected chi connectivity index (χ0v) is 20.2. The molecule has 4 heteroatoms. The maximum Gasteiger partial charge on any atom is 0.251 e. The van der Waals surface area contributed by atoms with Crippen molar-refractivity contribution >= 4 is 17.7 Å². The summed E-state index contributed by atoms with van der Waals surface area (Å²) in [6.07, 6.45) is 10.9. The molecule has 3 aliphatic rings. The molecule has 0 unspecified atom stereocenters. The van der Waals surface area contributed by atoms with Crippen molar-refractivity contribution in [1.29, 1.82) is 0 Å². The minimum Gasteiger partial charge on any atom is -0.348 e. The number of hydrogen-bond acceptors (Lipinski definition) is 3. The van der Waals surface area contributed by atoms with E-state index in [1.165, 1.54) is 68.4 Å². The van der Waals surface area contributed by atoms with Crippen LogP contribution in [0.25, 0.3) is 0 Å². The van der Waals surface area contributed by atoms with E-state index in [-0.39, 0.29) is 5.91 Å². The lowest BCUT2D eigenvalue weighted by Crippen LogP contribution is -2.45. The van der Waals surface area contributed by atoms with Crippen molar-refractivity contribution in [2.45, 2.75) is 89.6 Å². The van der Waals surface area contributed by atoms with E-state index in [0.29, 0.717) is 17.4 Å². The van der Waals surface area contributed by atoms with E-state index in [1.807, 2.05) is 23.9 Å². The van der Waals surface area contributed by atoms with Gasteiger partial charge in [-0.2, -0.15) is 0 Å². The summed E-state index contributed by atoms with van der Waals surface area (Å²) < 4.78 is 0. The zero-order chi connectivity index (χ0) is 21.4. The van der Waals surface area contributed by atoms with Crippen LogP contribution in [-0.2, 0) is 6.54 Å². The number of carbonyl (C=O) groups excluding carboxylic acids is 1. The SMILES string of the molecule is CN(CCCCCCCSc1cccc2c1CNC2=O)[C@H]1C[C@H]2CC[C@]1(C)C2(C)C. The molecule has 1 aromatic rings. The molecule has 1 heterocycles. The topological polar surface area (TPSA) is 32.3 Å². The maximum absolute atomic E-state index is 11.8. The molecule has 3 atom stereocenters. The van der Waals surface area contributed by atoms with Crippen LogP contribution in [-0.4, -0.2) is 36.2 Å². The number of nitrogens with zero attached hydrogens (tertiary/aromatic N) is 1. The van der Waals surface area contributed by atoms with Crippen molar-refractivity contribution in [3.05, 3.63) is 29.3 Å². The minimum atomic E-state index is 0.0837. The number of benzene rings is 1. The summed E-state index contributed by atoms with van der Waals surface area (Å²) in [6, 6.07) is 6.91. The second-order valence-corrected chi connectivity index (χ2v) is 11.8. The Hall–Kier alpha value is -1.00. The third-order valence-corrected chi connectivity index (χ3v) is 10.2. The molecule has 2 saturated carbocycles. The Kier molecular flexibility index (Phi) is 6.56. The second-order valence-electron chi connectivity index (χ2n) is 10.7. The van der Waals surface area contributed by atoms with Crippen LogP contribution < -0.4 is 5.32 Å².